The van der Waals surface area contributed by atoms with Gasteiger partial charge in [0.1, 0.15) is 5.75 Å². The Morgan fingerprint density at radius 2 is 1.42 bits per heavy atom. The molecule has 0 saturated heterocycles. The summed E-state index contributed by atoms with van der Waals surface area (Å²) >= 11 is 12.3. The quantitative estimate of drug-likeness (QED) is 0.0652. The van der Waals surface area contributed by atoms with E-state index in [-0.39, 0.29) is 16.8 Å². The summed E-state index contributed by atoms with van der Waals surface area (Å²) in [5, 5.41) is 2.50. The van der Waals surface area contributed by atoms with E-state index >= 15 is 0 Å². The maximum Gasteiger partial charge on any atom is 0.274 e. The lowest BCUT2D eigenvalue weighted by Crippen LogP contribution is -2.40. The Hall–Kier alpha value is -2.61. The molecule has 0 spiro atoms. The number of methoxy groups -OCH3 is 1. The highest BCUT2D eigenvalue weighted by Crippen LogP contribution is 2.29. The predicted octanol–water partition coefficient (Wildman–Crippen LogP) is 7.27. The van der Waals surface area contributed by atoms with Crippen molar-refractivity contribution in [3.63, 3.8) is 0 Å². The SMILES string of the molecule is CCCCCCCCCCCCONC(=O)c1cccc(NC(=O)C(Cl)(Cl)C(=O)c2ccc(OC)cc2)c1. The van der Waals surface area contributed by atoms with Crippen LogP contribution in [0.1, 0.15) is 91.8 Å². The van der Waals surface area contributed by atoms with Gasteiger partial charge in [-0.25, -0.2) is 5.48 Å². The van der Waals surface area contributed by atoms with Gasteiger partial charge in [0.15, 0.2) is 0 Å². The average molecular weight is 566 g/mol. The van der Waals surface area contributed by atoms with E-state index < -0.39 is 21.9 Å². The van der Waals surface area contributed by atoms with Crippen LogP contribution in [0.4, 0.5) is 5.69 Å². The van der Waals surface area contributed by atoms with Crippen molar-refractivity contribution in [2.75, 3.05) is 19.0 Å². The molecule has 0 aliphatic heterocycles. The zero-order valence-corrected chi connectivity index (χ0v) is 23.7. The summed E-state index contributed by atoms with van der Waals surface area (Å²) in [6, 6.07) is 12.2. The molecule has 0 radical (unpaired) electrons. The number of anilines is 1. The first-order valence-electron chi connectivity index (χ1n) is 13.2. The van der Waals surface area contributed by atoms with Crippen LogP contribution in [0.3, 0.4) is 0 Å². The molecule has 2 amide bonds. The smallest absolute Gasteiger partial charge is 0.274 e. The van der Waals surface area contributed by atoms with Crippen LogP contribution in [0, 0.1) is 0 Å². The number of carbonyl (C=O) groups excluding carboxylic acids is 3. The number of alkyl halides is 2. The van der Waals surface area contributed by atoms with Crippen molar-refractivity contribution in [1.82, 2.24) is 5.48 Å². The van der Waals surface area contributed by atoms with E-state index in [0.717, 1.165) is 19.3 Å². The van der Waals surface area contributed by atoms with Crippen LogP contribution >= 0.6 is 23.2 Å². The van der Waals surface area contributed by atoms with Crippen LogP contribution in [0.2, 0.25) is 0 Å². The van der Waals surface area contributed by atoms with Crippen LogP contribution < -0.4 is 15.5 Å². The molecule has 208 valence electrons. The summed E-state index contributed by atoms with van der Waals surface area (Å²) in [6.45, 7) is 2.65. The topological polar surface area (TPSA) is 93.7 Å². The molecule has 2 aromatic rings. The molecule has 38 heavy (non-hydrogen) atoms. The monoisotopic (exact) mass is 564 g/mol. The van der Waals surface area contributed by atoms with Gasteiger partial charge in [0.25, 0.3) is 16.1 Å². The third-order valence-corrected chi connectivity index (χ3v) is 6.76. The van der Waals surface area contributed by atoms with Gasteiger partial charge in [-0.3, -0.25) is 19.2 Å². The summed E-state index contributed by atoms with van der Waals surface area (Å²) in [5.74, 6) is -1.62. The number of ketones is 1. The molecule has 0 aromatic heterocycles. The third kappa shape index (κ3) is 10.6. The number of hydrogen-bond acceptors (Lipinski definition) is 5. The molecule has 0 saturated carbocycles. The number of Topliss-reactive ketones (excluding diaryl/α,β-unsaturated/α-hetero) is 1. The number of nitrogens with one attached hydrogen (secondary N) is 2. The van der Waals surface area contributed by atoms with Crippen molar-refractivity contribution in [3.05, 3.63) is 59.7 Å². The molecule has 0 bridgehead atoms. The van der Waals surface area contributed by atoms with Gasteiger partial charge < -0.3 is 10.1 Å². The Labute approximate surface area is 235 Å². The average Bonchev–Trinajstić information content (AvgIpc) is 2.93. The standard InChI is InChI=1S/C29H38Cl2N2O5/c1-3-4-5-6-7-8-9-10-11-12-20-38-33-27(35)23-14-13-15-24(21-23)32-28(36)29(30,31)26(34)22-16-18-25(37-2)19-17-22/h13-19,21H,3-12,20H2,1-2H3,(H,32,36)(H,33,35). The Balaban J connectivity index is 1.74. The number of ether oxygens (including phenoxy) is 1. The van der Waals surface area contributed by atoms with Crippen molar-refractivity contribution in [2.45, 2.75) is 75.5 Å². The van der Waals surface area contributed by atoms with Crippen LogP contribution in [0.15, 0.2) is 48.5 Å². The lowest BCUT2D eigenvalue weighted by molar-refractivity contribution is -0.116. The summed E-state index contributed by atoms with van der Waals surface area (Å²) in [5.41, 5.74) is 3.09. The lowest BCUT2D eigenvalue weighted by atomic mass is 10.1. The first-order valence-corrected chi connectivity index (χ1v) is 14.0. The number of carbonyl (C=O) groups is 3. The minimum absolute atomic E-state index is 0.152. The maximum atomic E-state index is 12.7. The van der Waals surface area contributed by atoms with E-state index in [4.69, 9.17) is 32.8 Å². The van der Waals surface area contributed by atoms with Crippen molar-refractivity contribution in [1.29, 1.82) is 0 Å². The Morgan fingerprint density at radius 1 is 0.816 bits per heavy atom. The minimum atomic E-state index is -2.37. The van der Waals surface area contributed by atoms with E-state index in [9.17, 15) is 14.4 Å². The van der Waals surface area contributed by atoms with Gasteiger partial charge in [-0.1, -0.05) is 94.0 Å². The lowest BCUT2D eigenvalue weighted by Gasteiger charge is -2.18. The Bertz CT molecular complexity index is 1030. The van der Waals surface area contributed by atoms with Gasteiger partial charge in [-0.05, 0) is 48.9 Å². The van der Waals surface area contributed by atoms with Crippen molar-refractivity contribution in [2.24, 2.45) is 0 Å². The van der Waals surface area contributed by atoms with Crippen molar-refractivity contribution in [3.8, 4) is 5.75 Å². The molecule has 2 N–H and O–H groups in total. The molecule has 2 aromatic carbocycles. The first-order chi connectivity index (χ1) is 18.3. The van der Waals surface area contributed by atoms with Crippen molar-refractivity contribution < 1.29 is 24.0 Å². The number of unbranched alkanes of at least 4 members (excludes halogenated alkanes) is 9. The summed E-state index contributed by atoms with van der Waals surface area (Å²) in [7, 11) is 1.50. The molecule has 0 unspecified atom stereocenters. The molecular weight excluding hydrogens is 527 g/mol. The molecular formula is C29H38Cl2N2O5. The van der Waals surface area contributed by atoms with Crippen LogP contribution in [-0.4, -0.2) is 35.6 Å². The number of rotatable bonds is 18. The second kappa shape index (κ2) is 17.1. The van der Waals surface area contributed by atoms with Gasteiger partial charge in [-0.2, -0.15) is 0 Å². The molecule has 0 atom stereocenters. The second-order valence-corrected chi connectivity index (χ2v) is 10.5. The number of hydroxylamine groups is 1. The van der Waals surface area contributed by atoms with Gasteiger partial charge in [0, 0.05) is 16.8 Å². The summed E-state index contributed by atoms with van der Waals surface area (Å²) < 4.78 is 2.69. The number of hydrogen-bond donors (Lipinski definition) is 2. The van der Waals surface area contributed by atoms with Crippen molar-refractivity contribution >= 4 is 46.5 Å². The molecule has 2 rings (SSSR count). The molecule has 0 aliphatic carbocycles. The van der Waals surface area contributed by atoms with E-state index in [2.05, 4.69) is 17.7 Å². The molecule has 0 heterocycles. The van der Waals surface area contributed by atoms with Crippen LogP contribution in [0.5, 0.6) is 5.75 Å². The third-order valence-electron chi connectivity index (χ3n) is 6.07. The Kier molecular flexibility index (Phi) is 14.2. The maximum absolute atomic E-state index is 12.7. The highest BCUT2D eigenvalue weighted by molar-refractivity contribution is 6.70. The van der Waals surface area contributed by atoms with Gasteiger partial charge in [-0.15, -0.1) is 0 Å². The summed E-state index contributed by atoms with van der Waals surface area (Å²) in [4.78, 5) is 43.2. The molecule has 0 fully saturated rings. The van der Waals surface area contributed by atoms with Gasteiger partial charge in [0.2, 0.25) is 5.78 Å². The van der Waals surface area contributed by atoms with Crippen LogP contribution in [0.25, 0.3) is 0 Å². The molecule has 9 heteroatoms. The second-order valence-electron chi connectivity index (χ2n) is 9.13. The fourth-order valence-corrected chi connectivity index (χ4v) is 4.12. The first kappa shape index (κ1) is 31.6. The highest BCUT2D eigenvalue weighted by Gasteiger charge is 2.42. The number of amides is 2. The molecule has 7 nitrogen and oxygen atoms in total. The largest absolute Gasteiger partial charge is 0.497 e. The van der Waals surface area contributed by atoms with E-state index in [1.54, 1.807) is 30.3 Å². The fraction of sp³-hybridized carbons (Fsp3) is 0.483. The number of benzene rings is 2. The number of halogens is 2. The molecule has 0 aliphatic rings. The van der Waals surface area contributed by atoms with E-state index in [0.29, 0.717) is 12.4 Å². The van der Waals surface area contributed by atoms with E-state index in [1.165, 1.54) is 70.3 Å². The zero-order valence-electron chi connectivity index (χ0n) is 22.2. The highest BCUT2D eigenvalue weighted by atomic mass is 35.5. The van der Waals surface area contributed by atoms with Crippen LogP contribution in [-0.2, 0) is 9.63 Å². The zero-order chi connectivity index (χ0) is 27.8. The minimum Gasteiger partial charge on any atom is -0.497 e. The summed E-state index contributed by atoms with van der Waals surface area (Å²) in [6.07, 6.45) is 12.2. The van der Waals surface area contributed by atoms with Gasteiger partial charge >= 0.3 is 0 Å². The fourth-order valence-electron chi connectivity index (χ4n) is 3.81. The predicted molar refractivity (Wildman–Crippen MR) is 152 cm³/mol. The normalized spacial score (nSPS) is 11.2. The van der Waals surface area contributed by atoms with Gasteiger partial charge in [0.05, 0.1) is 13.7 Å². The van der Waals surface area contributed by atoms with E-state index in [1.807, 2.05) is 0 Å². The Morgan fingerprint density at radius 3 is 2.03 bits per heavy atom.